The highest BCUT2D eigenvalue weighted by Gasteiger charge is 2.23. The summed E-state index contributed by atoms with van der Waals surface area (Å²) >= 11 is 0. The lowest BCUT2D eigenvalue weighted by molar-refractivity contribution is 0.376. The fourth-order valence-corrected chi connectivity index (χ4v) is 2.79. The molecule has 4 N–H and O–H groups in total. The number of hydrogen-bond donors (Lipinski definition) is 4. The number of phenolic OH excluding ortho intramolecular Hbond substituents is 2. The van der Waals surface area contributed by atoms with Gasteiger partial charge in [0.15, 0.2) is 5.82 Å². The van der Waals surface area contributed by atoms with Crippen molar-refractivity contribution < 1.29 is 15.3 Å². The van der Waals surface area contributed by atoms with E-state index in [2.05, 4.69) is 15.5 Å². The van der Waals surface area contributed by atoms with E-state index in [1.54, 1.807) is 6.07 Å². The molecule has 0 bridgehead atoms. The van der Waals surface area contributed by atoms with Crippen LogP contribution in [0.3, 0.4) is 0 Å². The van der Waals surface area contributed by atoms with Gasteiger partial charge >= 0.3 is 6.01 Å². The zero-order valence-corrected chi connectivity index (χ0v) is 13.2. The molecule has 8 nitrogen and oxygen atoms in total. The van der Waals surface area contributed by atoms with E-state index in [-0.39, 0.29) is 23.4 Å². The van der Waals surface area contributed by atoms with Crippen LogP contribution in [0.25, 0.3) is 11.4 Å². The number of rotatable bonds is 3. The van der Waals surface area contributed by atoms with Crippen LogP contribution in [0.5, 0.6) is 17.5 Å². The Morgan fingerprint density at radius 2 is 1.74 bits per heavy atom. The summed E-state index contributed by atoms with van der Waals surface area (Å²) in [6.07, 6.45) is 0. The van der Waals surface area contributed by atoms with E-state index in [1.807, 2.05) is 18.9 Å². The molecule has 1 aliphatic rings. The van der Waals surface area contributed by atoms with Crippen LogP contribution < -0.4 is 10.3 Å². The lowest BCUT2D eigenvalue weighted by Crippen LogP contribution is -2.49. The average molecular weight is 319 g/mol. The molecule has 1 aromatic carbocycles. The van der Waals surface area contributed by atoms with E-state index < -0.39 is 0 Å². The minimum atomic E-state index is -0.222. The van der Waals surface area contributed by atoms with Gasteiger partial charge in [0, 0.05) is 32.2 Å². The first-order valence-electron chi connectivity index (χ1n) is 7.65. The summed E-state index contributed by atoms with van der Waals surface area (Å²) in [5, 5.41) is 43.2. The Bertz CT molecular complexity index is 707. The van der Waals surface area contributed by atoms with Crippen molar-refractivity contribution in [1.82, 2.24) is 20.2 Å². The van der Waals surface area contributed by atoms with Crippen LogP contribution in [0, 0.1) is 0 Å². The highest BCUT2D eigenvalue weighted by atomic mass is 16.3. The maximum absolute atomic E-state index is 10.2. The molecule has 0 saturated carbocycles. The Labute approximate surface area is 134 Å². The minimum Gasteiger partial charge on any atom is -0.508 e. The zero-order valence-electron chi connectivity index (χ0n) is 13.2. The van der Waals surface area contributed by atoms with Crippen molar-refractivity contribution in [3.63, 3.8) is 0 Å². The van der Waals surface area contributed by atoms with Gasteiger partial charge in [-0.05, 0) is 17.5 Å². The number of hydrogen-bond acceptors (Lipinski definition) is 7. The Morgan fingerprint density at radius 1 is 1.04 bits per heavy atom. The fourth-order valence-electron chi connectivity index (χ4n) is 2.79. The molecular weight excluding hydrogens is 298 g/mol. The van der Waals surface area contributed by atoms with Crippen molar-refractivity contribution in [3.8, 4) is 28.9 Å². The first kappa shape index (κ1) is 15.4. The zero-order chi connectivity index (χ0) is 16.6. The fraction of sp³-hybridized carbons (Fsp3) is 0.467. The molecule has 2 aromatic rings. The molecule has 1 aliphatic heterocycles. The van der Waals surface area contributed by atoms with Crippen LogP contribution in [0.4, 0.5) is 0 Å². The first-order chi connectivity index (χ1) is 11.0. The molecule has 0 spiro atoms. The van der Waals surface area contributed by atoms with Gasteiger partial charge in [0.25, 0.3) is 0 Å². The molecule has 1 saturated heterocycles. The Balaban J connectivity index is 2.10. The number of aromatic nitrogens is 3. The molecule has 0 atom stereocenters. The summed E-state index contributed by atoms with van der Waals surface area (Å²) in [6, 6.07) is 2.77. The highest BCUT2D eigenvalue weighted by molar-refractivity contribution is 5.68. The van der Waals surface area contributed by atoms with Crippen LogP contribution in [-0.4, -0.2) is 56.4 Å². The number of aromatic hydroxyl groups is 3. The van der Waals surface area contributed by atoms with Crippen LogP contribution >= 0.6 is 0 Å². The van der Waals surface area contributed by atoms with Crippen LogP contribution in [0.15, 0.2) is 12.1 Å². The highest BCUT2D eigenvalue weighted by Crippen LogP contribution is 2.37. The van der Waals surface area contributed by atoms with Gasteiger partial charge < -0.3 is 25.6 Å². The first-order valence-corrected chi connectivity index (χ1v) is 7.65. The second-order valence-electron chi connectivity index (χ2n) is 5.92. The molecule has 124 valence electrons. The van der Waals surface area contributed by atoms with E-state index >= 15 is 0 Å². The molecular formula is C15H21N5O3. The van der Waals surface area contributed by atoms with Gasteiger partial charge in [-0.3, -0.25) is 0 Å². The third kappa shape index (κ3) is 2.77. The summed E-state index contributed by atoms with van der Waals surface area (Å²) < 4.78 is 1.51. The maximum Gasteiger partial charge on any atom is 0.334 e. The number of piperazine rings is 1. The summed E-state index contributed by atoms with van der Waals surface area (Å²) in [5.41, 5.74) is 1.13. The third-order valence-corrected chi connectivity index (χ3v) is 4.01. The lowest BCUT2D eigenvalue weighted by Gasteiger charge is -2.30. The standard InChI is InChI=1S/C15H21N5O3/c1-9(2)10-7-11(13(22)8-12(10)21)14-17-18-15(23)20(14)19-5-3-16-4-6-19/h7-9,16,21-22H,3-6H2,1-2H3,(H,18,23). The normalized spacial score (nSPS) is 15.3. The topological polar surface area (TPSA) is 107 Å². The summed E-state index contributed by atoms with van der Waals surface area (Å²) in [7, 11) is 0. The molecule has 0 aliphatic carbocycles. The van der Waals surface area contributed by atoms with Gasteiger partial charge in [0.05, 0.1) is 5.56 Å². The van der Waals surface area contributed by atoms with Crippen LogP contribution in [0.1, 0.15) is 25.3 Å². The van der Waals surface area contributed by atoms with E-state index in [0.717, 1.165) is 13.1 Å². The summed E-state index contributed by atoms with van der Waals surface area (Å²) in [6.45, 7) is 6.86. The molecule has 1 fully saturated rings. The van der Waals surface area contributed by atoms with E-state index in [4.69, 9.17) is 0 Å². The van der Waals surface area contributed by atoms with Gasteiger partial charge in [-0.25, -0.2) is 0 Å². The molecule has 0 amide bonds. The predicted molar refractivity (Wildman–Crippen MR) is 85.4 cm³/mol. The van der Waals surface area contributed by atoms with Crippen LogP contribution in [0.2, 0.25) is 0 Å². The van der Waals surface area contributed by atoms with Crippen molar-refractivity contribution in [3.05, 3.63) is 17.7 Å². The predicted octanol–water partition coefficient (Wildman–Crippen LogP) is 0.726. The van der Waals surface area contributed by atoms with Gasteiger partial charge in [0.2, 0.25) is 0 Å². The van der Waals surface area contributed by atoms with Gasteiger partial charge in [-0.1, -0.05) is 18.9 Å². The smallest absolute Gasteiger partial charge is 0.334 e. The molecule has 3 rings (SSSR count). The van der Waals surface area contributed by atoms with E-state index in [9.17, 15) is 15.3 Å². The second-order valence-corrected chi connectivity index (χ2v) is 5.92. The molecule has 0 radical (unpaired) electrons. The average Bonchev–Trinajstić information content (AvgIpc) is 2.89. The summed E-state index contributed by atoms with van der Waals surface area (Å²) in [4.78, 5) is 0. The Hall–Kier alpha value is -2.48. The van der Waals surface area contributed by atoms with Crippen molar-refractivity contribution in [2.75, 3.05) is 31.2 Å². The molecule has 2 heterocycles. The largest absolute Gasteiger partial charge is 0.508 e. The van der Waals surface area contributed by atoms with Crippen molar-refractivity contribution in [2.24, 2.45) is 0 Å². The Morgan fingerprint density at radius 3 is 2.39 bits per heavy atom. The number of phenols is 2. The number of nitrogens with one attached hydrogen (secondary N) is 1. The maximum atomic E-state index is 10.2. The van der Waals surface area contributed by atoms with Gasteiger partial charge in [0.1, 0.15) is 11.5 Å². The van der Waals surface area contributed by atoms with Gasteiger partial charge in [-0.15, -0.1) is 5.10 Å². The minimum absolute atomic E-state index is 0.0405. The quantitative estimate of drug-likeness (QED) is 0.660. The monoisotopic (exact) mass is 319 g/mol. The lowest BCUT2D eigenvalue weighted by atomic mass is 9.98. The number of nitrogens with zero attached hydrogens (tertiary/aromatic N) is 4. The second kappa shape index (κ2) is 5.96. The summed E-state index contributed by atoms with van der Waals surface area (Å²) in [5.74, 6) is 0.372. The third-order valence-electron chi connectivity index (χ3n) is 4.01. The SMILES string of the molecule is CC(C)c1cc(-c2nnc(O)n2N2CCNCC2)c(O)cc1O. The van der Waals surface area contributed by atoms with Crippen molar-refractivity contribution in [1.29, 1.82) is 0 Å². The Kier molecular flexibility index (Phi) is 3.99. The molecule has 1 aromatic heterocycles. The van der Waals surface area contributed by atoms with Crippen molar-refractivity contribution >= 4 is 0 Å². The van der Waals surface area contributed by atoms with Crippen LogP contribution in [-0.2, 0) is 0 Å². The molecule has 23 heavy (non-hydrogen) atoms. The molecule has 0 unspecified atom stereocenters. The van der Waals surface area contributed by atoms with Gasteiger partial charge in [-0.2, -0.15) is 4.68 Å². The van der Waals surface area contributed by atoms with Crippen molar-refractivity contribution in [2.45, 2.75) is 19.8 Å². The van der Waals surface area contributed by atoms with E-state index in [0.29, 0.717) is 30.0 Å². The molecule has 8 heteroatoms. The van der Waals surface area contributed by atoms with E-state index in [1.165, 1.54) is 10.7 Å². The number of benzene rings is 1.